The lowest BCUT2D eigenvalue weighted by atomic mass is 10.1. The van der Waals surface area contributed by atoms with E-state index in [0.717, 1.165) is 12.1 Å². The van der Waals surface area contributed by atoms with E-state index in [9.17, 15) is 0 Å². The number of rotatable bonds is 3. The molecule has 1 N–H and O–H groups in total. The number of nitrogens with zero attached hydrogens (tertiary/aromatic N) is 1. The number of piperidine rings is 1. The van der Waals surface area contributed by atoms with E-state index in [0.29, 0.717) is 0 Å². The molecule has 2 heteroatoms. The van der Waals surface area contributed by atoms with Crippen LogP contribution in [0, 0.1) is 0 Å². The lowest BCUT2D eigenvalue weighted by molar-refractivity contribution is 0.250. The minimum atomic E-state index is 0.202. The Hall–Kier alpha value is -0.340. The summed E-state index contributed by atoms with van der Waals surface area (Å²) in [5.41, 5.74) is 1.08. The summed E-state index contributed by atoms with van der Waals surface area (Å²) in [6.45, 7) is 5.66. The van der Waals surface area contributed by atoms with Gasteiger partial charge in [-0.2, -0.15) is 0 Å². The maximum absolute atomic E-state index is 8.78. The first-order valence-corrected chi connectivity index (χ1v) is 4.82. The summed E-state index contributed by atoms with van der Waals surface area (Å²) in [7, 11) is 0. The second-order valence-corrected chi connectivity index (χ2v) is 3.57. The van der Waals surface area contributed by atoms with Crippen LogP contribution in [0.15, 0.2) is 11.6 Å². The van der Waals surface area contributed by atoms with E-state index in [2.05, 4.69) is 11.0 Å². The molecule has 0 radical (unpaired) electrons. The fraction of sp³-hybridized carbons (Fsp3) is 0.800. The van der Waals surface area contributed by atoms with Crippen molar-refractivity contribution >= 4 is 0 Å². The molecule has 1 saturated heterocycles. The monoisotopic (exact) mass is 169 g/mol. The van der Waals surface area contributed by atoms with E-state index in [-0.39, 0.29) is 6.61 Å². The fourth-order valence-corrected chi connectivity index (χ4v) is 1.49. The van der Waals surface area contributed by atoms with E-state index in [1.165, 1.54) is 32.4 Å². The molecule has 1 rings (SSSR count). The summed E-state index contributed by atoms with van der Waals surface area (Å²) in [4.78, 5) is 2.45. The van der Waals surface area contributed by atoms with Gasteiger partial charge in [-0.1, -0.05) is 18.1 Å². The van der Waals surface area contributed by atoms with Crippen LogP contribution >= 0.6 is 0 Å². The highest BCUT2D eigenvalue weighted by Gasteiger charge is 2.07. The molecular weight excluding hydrogens is 150 g/mol. The highest BCUT2D eigenvalue weighted by Crippen LogP contribution is 2.08. The Labute approximate surface area is 74.9 Å². The van der Waals surface area contributed by atoms with Crippen molar-refractivity contribution in [2.45, 2.75) is 26.2 Å². The molecule has 1 aliphatic rings. The molecule has 0 unspecified atom stereocenters. The summed E-state index contributed by atoms with van der Waals surface area (Å²) < 4.78 is 0. The Morgan fingerprint density at radius 1 is 1.33 bits per heavy atom. The van der Waals surface area contributed by atoms with Gasteiger partial charge in [0.25, 0.3) is 0 Å². The standard InChI is InChI=1S/C10H19NO/c1-10(9-12)5-8-11-6-3-2-4-7-11/h5,12H,2-4,6-9H2,1H3/b10-5+. The first kappa shape index (κ1) is 9.75. The number of aliphatic hydroxyl groups excluding tert-OH is 1. The van der Waals surface area contributed by atoms with E-state index in [4.69, 9.17) is 5.11 Å². The second-order valence-electron chi connectivity index (χ2n) is 3.57. The minimum absolute atomic E-state index is 0.202. The molecule has 0 atom stereocenters. The molecule has 2 nitrogen and oxygen atoms in total. The lowest BCUT2D eigenvalue weighted by Gasteiger charge is -2.25. The summed E-state index contributed by atoms with van der Waals surface area (Å²) in [6, 6.07) is 0. The van der Waals surface area contributed by atoms with Gasteiger partial charge in [-0.25, -0.2) is 0 Å². The van der Waals surface area contributed by atoms with Gasteiger partial charge in [0.05, 0.1) is 6.61 Å². The zero-order valence-corrected chi connectivity index (χ0v) is 7.92. The Morgan fingerprint density at radius 2 is 2.00 bits per heavy atom. The molecule has 0 aromatic heterocycles. The smallest absolute Gasteiger partial charge is 0.0639 e. The molecule has 1 fully saturated rings. The lowest BCUT2D eigenvalue weighted by Crippen LogP contribution is -2.29. The van der Waals surface area contributed by atoms with Crippen molar-refractivity contribution in [1.29, 1.82) is 0 Å². The van der Waals surface area contributed by atoms with Gasteiger partial charge in [0.1, 0.15) is 0 Å². The third-order valence-corrected chi connectivity index (χ3v) is 2.40. The van der Waals surface area contributed by atoms with Crippen molar-refractivity contribution in [1.82, 2.24) is 4.90 Å². The topological polar surface area (TPSA) is 23.5 Å². The quantitative estimate of drug-likeness (QED) is 0.646. The van der Waals surface area contributed by atoms with Crippen LogP contribution in [0.3, 0.4) is 0 Å². The van der Waals surface area contributed by atoms with Crippen molar-refractivity contribution < 1.29 is 5.11 Å². The third-order valence-electron chi connectivity index (χ3n) is 2.40. The maximum Gasteiger partial charge on any atom is 0.0639 e. The van der Waals surface area contributed by atoms with Gasteiger partial charge in [-0.3, -0.25) is 4.90 Å². The van der Waals surface area contributed by atoms with Gasteiger partial charge in [0.2, 0.25) is 0 Å². The second kappa shape index (κ2) is 5.33. The summed E-state index contributed by atoms with van der Waals surface area (Å²) >= 11 is 0. The van der Waals surface area contributed by atoms with Crippen molar-refractivity contribution in [2.24, 2.45) is 0 Å². The van der Waals surface area contributed by atoms with E-state index < -0.39 is 0 Å². The van der Waals surface area contributed by atoms with Gasteiger partial charge in [0.15, 0.2) is 0 Å². The first-order chi connectivity index (χ1) is 5.83. The fourth-order valence-electron chi connectivity index (χ4n) is 1.49. The number of likely N-dealkylation sites (tertiary alicyclic amines) is 1. The van der Waals surface area contributed by atoms with Crippen LogP contribution in [0.4, 0.5) is 0 Å². The Balaban J connectivity index is 2.21. The zero-order valence-electron chi connectivity index (χ0n) is 7.92. The molecule has 0 spiro atoms. The molecule has 1 aliphatic heterocycles. The van der Waals surface area contributed by atoms with Gasteiger partial charge >= 0.3 is 0 Å². The predicted molar refractivity (Wildman–Crippen MR) is 51.1 cm³/mol. The molecule has 0 saturated carbocycles. The molecule has 12 heavy (non-hydrogen) atoms. The van der Waals surface area contributed by atoms with Crippen LogP contribution < -0.4 is 0 Å². The van der Waals surface area contributed by atoms with Crippen LogP contribution in [0.2, 0.25) is 0 Å². The predicted octanol–water partition coefficient (Wildman–Crippen LogP) is 1.41. The van der Waals surface area contributed by atoms with Crippen molar-refractivity contribution in [3.8, 4) is 0 Å². The molecule has 70 valence electrons. The van der Waals surface area contributed by atoms with Crippen LogP contribution in [-0.2, 0) is 0 Å². The van der Waals surface area contributed by atoms with Crippen molar-refractivity contribution in [3.63, 3.8) is 0 Å². The summed E-state index contributed by atoms with van der Waals surface area (Å²) in [5.74, 6) is 0. The number of aliphatic hydroxyl groups is 1. The van der Waals surface area contributed by atoms with E-state index >= 15 is 0 Å². The number of hydrogen-bond donors (Lipinski definition) is 1. The summed E-state index contributed by atoms with van der Waals surface area (Å²) in [6.07, 6.45) is 6.20. The molecule has 1 heterocycles. The summed E-state index contributed by atoms with van der Waals surface area (Å²) in [5, 5.41) is 8.78. The zero-order chi connectivity index (χ0) is 8.81. The Morgan fingerprint density at radius 3 is 2.58 bits per heavy atom. The highest BCUT2D eigenvalue weighted by molar-refractivity contribution is 4.99. The minimum Gasteiger partial charge on any atom is -0.392 e. The molecule has 0 aromatic rings. The maximum atomic E-state index is 8.78. The van der Waals surface area contributed by atoms with Gasteiger partial charge in [-0.15, -0.1) is 0 Å². The van der Waals surface area contributed by atoms with Gasteiger partial charge in [0, 0.05) is 6.54 Å². The normalized spacial score (nSPS) is 21.3. The molecule has 0 bridgehead atoms. The SMILES string of the molecule is C/C(=C\CN1CCCCC1)CO. The molecule has 0 aromatic carbocycles. The van der Waals surface area contributed by atoms with E-state index in [1.807, 2.05) is 6.92 Å². The van der Waals surface area contributed by atoms with Crippen LogP contribution in [0.5, 0.6) is 0 Å². The number of hydrogen-bond acceptors (Lipinski definition) is 2. The highest BCUT2D eigenvalue weighted by atomic mass is 16.3. The molecule has 0 aliphatic carbocycles. The Bertz CT molecular complexity index is 148. The Kier molecular flexibility index (Phi) is 4.33. The van der Waals surface area contributed by atoms with Crippen molar-refractivity contribution in [3.05, 3.63) is 11.6 Å². The third kappa shape index (κ3) is 3.37. The molecule has 0 amide bonds. The van der Waals surface area contributed by atoms with Crippen molar-refractivity contribution in [2.75, 3.05) is 26.2 Å². The van der Waals surface area contributed by atoms with Crippen LogP contribution in [0.25, 0.3) is 0 Å². The first-order valence-electron chi connectivity index (χ1n) is 4.82. The molecular formula is C10H19NO. The van der Waals surface area contributed by atoms with Crippen LogP contribution in [-0.4, -0.2) is 36.2 Å². The largest absolute Gasteiger partial charge is 0.392 e. The van der Waals surface area contributed by atoms with Crippen LogP contribution in [0.1, 0.15) is 26.2 Å². The van der Waals surface area contributed by atoms with Gasteiger partial charge in [-0.05, 0) is 32.9 Å². The van der Waals surface area contributed by atoms with E-state index in [1.54, 1.807) is 0 Å². The average molecular weight is 169 g/mol. The average Bonchev–Trinajstić information content (AvgIpc) is 2.16. The van der Waals surface area contributed by atoms with Gasteiger partial charge < -0.3 is 5.11 Å².